The Morgan fingerprint density at radius 1 is 0.625 bits per heavy atom. The van der Waals surface area contributed by atoms with Gasteiger partial charge in [-0.05, 0) is 25.8 Å². The minimum absolute atomic E-state index is 0.0628. The molecule has 0 atom stereocenters. The number of nitrogens with two attached hydrogens (primary N) is 1. The Hall–Kier alpha value is -1.10. The molecule has 0 aromatic carbocycles. The van der Waals surface area contributed by atoms with Crippen LogP contribution in [0, 0.1) is 0 Å². The molecule has 0 aromatic rings. The molecule has 0 fully saturated rings. The van der Waals surface area contributed by atoms with Crippen molar-refractivity contribution in [2.75, 3.05) is 6.54 Å². The van der Waals surface area contributed by atoms with Gasteiger partial charge in [0.05, 0.1) is 0 Å². The monoisotopic (exact) mass is 345 g/mol. The van der Waals surface area contributed by atoms with Gasteiger partial charge in [0.1, 0.15) is 0 Å². The summed E-state index contributed by atoms with van der Waals surface area (Å²) in [6.07, 6.45) is 16.4. The number of hydrogen-bond acceptors (Lipinski definition) is 3. The second-order valence-corrected chi connectivity index (χ2v) is 6.32. The Morgan fingerprint density at radius 2 is 0.958 bits per heavy atom. The van der Waals surface area contributed by atoms with Crippen LogP contribution in [-0.4, -0.2) is 28.7 Å². The molecule has 0 radical (unpaired) electrons. The van der Waals surface area contributed by atoms with Crippen molar-refractivity contribution in [2.45, 2.75) is 103 Å². The summed E-state index contributed by atoms with van der Waals surface area (Å²) in [7, 11) is 0. The lowest BCUT2D eigenvalue weighted by Crippen LogP contribution is -1.97. The normalized spacial score (nSPS) is 10.1. The summed E-state index contributed by atoms with van der Waals surface area (Å²) in [6.45, 7) is 3.15. The van der Waals surface area contributed by atoms with Crippen molar-refractivity contribution in [2.24, 2.45) is 5.73 Å². The van der Waals surface area contributed by atoms with Crippen molar-refractivity contribution in [1.29, 1.82) is 0 Å². The number of unbranched alkanes of at least 4 members (excludes halogenated alkanes) is 11. The Kier molecular flexibility index (Phi) is 22.9. The summed E-state index contributed by atoms with van der Waals surface area (Å²) < 4.78 is 0. The maximum atomic E-state index is 9.90. The van der Waals surface area contributed by atoms with E-state index in [0.29, 0.717) is 12.8 Å². The van der Waals surface area contributed by atoms with E-state index >= 15 is 0 Å². The van der Waals surface area contributed by atoms with Crippen LogP contribution in [0.2, 0.25) is 0 Å². The number of rotatable bonds is 16. The SMILES string of the molecule is CCCCCCCCCCCCCN.O=C(O)CCCCC(=O)O. The molecule has 24 heavy (non-hydrogen) atoms. The molecule has 0 amide bonds. The van der Waals surface area contributed by atoms with Crippen molar-refractivity contribution in [3.8, 4) is 0 Å². The molecule has 0 spiro atoms. The third-order valence-corrected chi connectivity index (χ3v) is 3.84. The molecule has 4 N–H and O–H groups in total. The molecule has 0 heterocycles. The summed E-state index contributed by atoms with van der Waals surface area (Å²) >= 11 is 0. The van der Waals surface area contributed by atoms with Crippen LogP contribution < -0.4 is 5.73 Å². The first-order valence-corrected chi connectivity index (χ1v) is 9.68. The molecule has 0 aliphatic heterocycles. The predicted octanol–water partition coefficient (Wildman–Crippen LogP) is 4.97. The summed E-state index contributed by atoms with van der Waals surface area (Å²) in [5, 5.41) is 16.3. The average molecular weight is 346 g/mol. The zero-order chi connectivity index (χ0) is 18.5. The third-order valence-electron chi connectivity index (χ3n) is 3.84. The van der Waals surface area contributed by atoms with E-state index in [4.69, 9.17) is 15.9 Å². The van der Waals surface area contributed by atoms with Crippen LogP contribution in [0.3, 0.4) is 0 Å². The number of carboxylic acid groups (broad SMARTS) is 2. The lowest BCUT2D eigenvalue weighted by atomic mass is 10.1. The van der Waals surface area contributed by atoms with E-state index in [1.807, 2.05) is 0 Å². The van der Waals surface area contributed by atoms with Crippen LogP contribution in [0.1, 0.15) is 103 Å². The van der Waals surface area contributed by atoms with Crippen LogP contribution in [0.15, 0.2) is 0 Å². The molecule has 0 rings (SSSR count). The zero-order valence-corrected chi connectivity index (χ0v) is 15.6. The van der Waals surface area contributed by atoms with Crippen LogP contribution >= 0.6 is 0 Å². The fourth-order valence-electron chi connectivity index (χ4n) is 2.36. The summed E-state index contributed by atoms with van der Waals surface area (Å²) in [5.74, 6) is -1.74. The molecule has 0 saturated carbocycles. The van der Waals surface area contributed by atoms with Gasteiger partial charge in [0.15, 0.2) is 0 Å². The van der Waals surface area contributed by atoms with Gasteiger partial charge in [-0.25, -0.2) is 0 Å². The summed E-state index contributed by atoms with van der Waals surface area (Å²) in [5.41, 5.74) is 5.44. The molecule has 0 bridgehead atoms. The van der Waals surface area contributed by atoms with Crippen LogP contribution in [0.5, 0.6) is 0 Å². The summed E-state index contributed by atoms with van der Waals surface area (Å²) in [4.78, 5) is 19.8. The van der Waals surface area contributed by atoms with E-state index in [1.165, 1.54) is 70.6 Å². The zero-order valence-electron chi connectivity index (χ0n) is 15.6. The number of aliphatic carboxylic acids is 2. The Labute approximate surface area is 148 Å². The van der Waals surface area contributed by atoms with Crippen LogP contribution in [0.25, 0.3) is 0 Å². The third kappa shape index (κ3) is 29.0. The van der Waals surface area contributed by atoms with E-state index in [0.717, 1.165) is 6.54 Å². The first kappa shape index (κ1) is 25.1. The van der Waals surface area contributed by atoms with E-state index in [9.17, 15) is 9.59 Å². The van der Waals surface area contributed by atoms with Gasteiger partial charge < -0.3 is 15.9 Å². The highest BCUT2D eigenvalue weighted by Gasteiger charge is 1.99. The minimum atomic E-state index is -0.870. The van der Waals surface area contributed by atoms with Crippen molar-refractivity contribution in [3.63, 3.8) is 0 Å². The molecule has 0 aromatic heterocycles. The lowest BCUT2D eigenvalue weighted by Gasteiger charge is -2.01. The smallest absolute Gasteiger partial charge is 0.303 e. The first-order valence-electron chi connectivity index (χ1n) is 9.68. The van der Waals surface area contributed by atoms with Crippen molar-refractivity contribution in [1.82, 2.24) is 0 Å². The van der Waals surface area contributed by atoms with Gasteiger partial charge in [-0.3, -0.25) is 9.59 Å². The van der Waals surface area contributed by atoms with Gasteiger partial charge in [-0.1, -0.05) is 71.1 Å². The standard InChI is InChI=1S/C13H29N.C6H10O4/c1-2-3-4-5-6-7-8-9-10-11-12-13-14;7-5(8)3-1-2-4-6(9)10/h2-14H2,1H3;1-4H2,(H,7,8)(H,9,10). The fraction of sp³-hybridized carbons (Fsp3) is 0.895. The number of hydrogen-bond donors (Lipinski definition) is 3. The Balaban J connectivity index is 0. The fourth-order valence-corrected chi connectivity index (χ4v) is 2.36. The molecular formula is C19H39NO4. The molecule has 144 valence electrons. The van der Waals surface area contributed by atoms with E-state index in [2.05, 4.69) is 6.92 Å². The molecule has 5 nitrogen and oxygen atoms in total. The Morgan fingerprint density at radius 3 is 1.25 bits per heavy atom. The first-order chi connectivity index (χ1) is 11.5. The molecule has 0 saturated heterocycles. The molecule has 5 heteroatoms. The van der Waals surface area contributed by atoms with E-state index < -0.39 is 11.9 Å². The lowest BCUT2D eigenvalue weighted by molar-refractivity contribution is -0.139. The van der Waals surface area contributed by atoms with Crippen molar-refractivity contribution in [3.05, 3.63) is 0 Å². The molecular weight excluding hydrogens is 306 g/mol. The van der Waals surface area contributed by atoms with Gasteiger partial charge in [-0.2, -0.15) is 0 Å². The summed E-state index contributed by atoms with van der Waals surface area (Å²) in [6, 6.07) is 0. The molecule has 0 unspecified atom stereocenters. The minimum Gasteiger partial charge on any atom is -0.481 e. The highest BCUT2D eigenvalue weighted by molar-refractivity contribution is 5.67. The second-order valence-electron chi connectivity index (χ2n) is 6.32. The average Bonchev–Trinajstić information content (AvgIpc) is 2.54. The van der Waals surface area contributed by atoms with Crippen molar-refractivity contribution >= 4 is 11.9 Å². The highest BCUT2D eigenvalue weighted by atomic mass is 16.4. The second kappa shape index (κ2) is 21.9. The van der Waals surface area contributed by atoms with Crippen LogP contribution in [0.4, 0.5) is 0 Å². The van der Waals surface area contributed by atoms with Gasteiger partial charge in [0.2, 0.25) is 0 Å². The topological polar surface area (TPSA) is 101 Å². The maximum Gasteiger partial charge on any atom is 0.303 e. The quantitative estimate of drug-likeness (QED) is 0.343. The van der Waals surface area contributed by atoms with Gasteiger partial charge >= 0.3 is 11.9 Å². The largest absolute Gasteiger partial charge is 0.481 e. The predicted molar refractivity (Wildman–Crippen MR) is 99.3 cm³/mol. The van der Waals surface area contributed by atoms with Gasteiger partial charge in [0, 0.05) is 12.8 Å². The van der Waals surface area contributed by atoms with Crippen molar-refractivity contribution < 1.29 is 19.8 Å². The Bertz CT molecular complexity index is 255. The van der Waals surface area contributed by atoms with Gasteiger partial charge in [0.25, 0.3) is 0 Å². The van der Waals surface area contributed by atoms with E-state index in [-0.39, 0.29) is 12.8 Å². The number of carboxylic acids is 2. The van der Waals surface area contributed by atoms with E-state index in [1.54, 1.807) is 0 Å². The maximum absolute atomic E-state index is 9.90. The highest BCUT2D eigenvalue weighted by Crippen LogP contribution is 2.10. The van der Waals surface area contributed by atoms with Gasteiger partial charge in [-0.15, -0.1) is 0 Å². The molecule has 0 aliphatic carbocycles. The molecule has 0 aliphatic rings. The number of carbonyl (C=O) groups is 2. The van der Waals surface area contributed by atoms with Crippen LogP contribution in [-0.2, 0) is 9.59 Å².